The predicted octanol–water partition coefficient (Wildman–Crippen LogP) is 0.416. The van der Waals surface area contributed by atoms with Crippen LogP contribution in [0.2, 0.25) is 0 Å². The van der Waals surface area contributed by atoms with E-state index in [1.165, 1.54) is 13.8 Å². The molecule has 0 saturated heterocycles. The molecule has 1 atom stereocenters. The van der Waals surface area contributed by atoms with Crippen molar-refractivity contribution in [2.45, 2.75) is 26.4 Å². The van der Waals surface area contributed by atoms with Gasteiger partial charge in [0.25, 0.3) is 5.60 Å². The number of carboxylic acid groups (broad SMARTS) is 1. The van der Waals surface area contributed by atoms with E-state index in [0.29, 0.717) is 0 Å². The first-order valence-electron chi connectivity index (χ1n) is 3.29. The topological polar surface area (TPSA) is 63.6 Å². The molecular weight excluding hydrogens is 160 g/mol. The third-order valence-corrected chi connectivity index (χ3v) is 1.12. The Morgan fingerprint density at radius 1 is 1.50 bits per heavy atom. The Balaban J connectivity index is 4.70. The van der Waals surface area contributed by atoms with E-state index in [4.69, 9.17) is 5.11 Å². The Morgan fingerprint density at radius 3 is 2.25 bits per heavy atom. The Morgan fingerprint density at radius 2 is 2.00 bits per heavy atom. The molecule has 0 aliphatic heterocycles. The molecule has 0 bridgehead atoms. The summed E-state index contributed by atoms with van der Waals surface area (Å²) in [4.78, 5) is 21.1. The van der Waals surface area contributed by atoms with Crippen LogP contribution >= 0.6 is 0 Å². The van der Waals surface area contributed by atoms with Crippen molar-refractivity contribution in [2.24, 2.45) is 0 Å². The maximum Gasteiger partial charge on any atom is 0.360 e. The van der Waals surface area contributed by atoms with Crippen LogP contribution in [0, 0.1) is 11.8 Å². The largest absolute Gasteiger partial charge is 0.478 e. The molecule has 0 rings (SSSR count). The highest BCUT2D eigenvalue weighted by Gasteiger charge is 2.34. The van der Waals surface area contributed by atoms with Crippen LogP contribution in [0.1, 0.15) is 20.8 Å². The first-order chi connectivity index (χ1) is 5.42. The molecular formula is C8H10O4. The van der Waals surface area contributed by atoms with E-state index in [-0.39, 0.29) is 0 Å². The fraction of sp³-hybridized carbons (Fsp3) is 0.500. The van der Waals surface area contributed by atoms with E-state index in [2.05, 4.69) is 16.6 Å². The monoisotopic (exact) mass is 170 g/mol. The number of carbonyl (C=O) groups is 2. The van der Waals surface area contributed by atoms with E-state index in [1.807, 2.05) is 0 Å². The fourth-order valence-electron chi connectivity index (χ4n) is 0.649. The van der Waals surface area contributed by atoms with Gasteiger partial charge in [-0.25, -0.2) is 4.79 Å². The third kappa shape index (κ3) is 2.62. The lowest BCUT2D eigenvalue weighted by Gasteiger charge is -2.17. The number of esters is 1. The van der Waals surface area contributed by atoms with Gasteiger partial charge in [0.1, 0.15) is 0 Å². The quantitative estimate of drug-likeness (QED) is 0.481. The van der Waals surface area contributed by atoms with Crippen molar-refractivity contribution in [3.8, 4) is 11.8 Å². The van der Waals surface area contributed by atoms with E-state index >= 15 is 0 Å². The molecule has 0 amide bonds. The van der Waals surface area contributed by atoms with Crippen molar-refractivity contribution in [2.75, 3.05) is 0 Å². The molecule has 0 aliphatic rings. The minimum Gasteiger partial charge on any atom is -0.478 e. The molecule has 0 radical (unpaired) electrons. The van der Waals surface area contributed by atoms with E-state index in [9.17, 15) is 9.59 Å². The van der Waals surface area contributed by atoms with Crippen LogP contribution in [0.3, 0.4) is 0 Å². The summed E-state index contributed by atoms with van der Waals surface area (Å²) in [7, 11) is 0. The highest BCUT2D eigenvalue weighted by molar-refractivity contribution is 5.84. The van der Waals surface area contributed by atoms with Gasteiger partial charge in [-0.05, 0) is 19.8 Å². The zero-order valence-corrected chi connectivity index (χ0v) is 7.17. The molecule has 66 valence electrons. The molecule has 0 aromatic heterocycles. The van der Waals surface area contributed by atoms with Gasteiger partial charge in [0.15, 0.2) is 0 Å². The van der Waals surface area contributed by atoms with Gasteiger partial charge in [0, 0.05) is 6.92 Å². The molecule has 0 fully saturated rings. The van der Waals surface area contributed by atoms with E-state index in [0.717, 1.165) is 6.92 Å². The molecule has 1 N–H and O–H groups in total. The highest BCUT2D eigenvalue weighted by atomic mass is 16.6. The maximum absolute atomic E-state index is 10.6. The molecule has 4 heteroatoms. The number of rotatable bonds is 2. The van der Waals surface area contributed by atoms with Crippen LogP contribution < -0.4 is 0 Å². The van der Waals surface area contributed by atoms with Crippen molar-refractivity contribution in [1.29, 1.82) is 0 Å². The number of aliphatic carboxylic acids is 1. The van der Waals surface area contributed by atoms with Gasteiger partial charge in [-0.3, -0.25) is 4.79 Å². The van der Waals surface area contributed by atoms with Gasteiger partial charge in [0.05, 0.1) is 0 Å². The average molecular weight is 170 g/mol. The van der Waals surface area contributed by atoms with Gasteiger partial charge in [-0.15, -0.1) is 5.92 Å². The van der Waals surface area contributed by atoms with E-state index < -0.39 is 17.5 Å². The molecule has 0 aromatic rings. The van der Waals surface area contributed by atoms with E-state index in [1.54, 1.807) is 0 Å². The lowest BCUT2D eigenvalue weighted by atomic mass is 10.1. The van der Waals surface area contributed by atoms with Crippen molar-refractivity contribution in [3.63, 3.8) is 0 Å². The van der Waals surface area contributed by atoms with Gasteiger partial charge in [-0.1, -0.05) is 0 Å². The Kier molecular flexibility index (Phi) is 3.30. The number of hydrogen-bond acceptors (Lipinski definition) is 3. The number of hydrogen-bond donors (Lipinski definition) is 1. The molecule has 0 aromatic carbocycles. The van der Waals surface area contributed by atoms with Gasteiger partial charge < -0.3 is 9.84 Å². The van der Waals surface area contributed by atoms with Crippen LogP contribution in [0.15, 0.2) is 0 Å². The zero-order chi connectivity index (χ0) is 9.78. The standard InChI is InChI=1S/C8H10O4/c1-4-5-8(3,7(10)11)12-6(2)9/h1-3H3,(H,10,11). The molecule has 4 nitrogen and oxygen atoms in total. The third-order valence-electron chi connectivity index (χ3n) is 1.12. The normalized spacial score (nSPS) is 13.6. The Labute approximate surface area is 70.5 Å². The van der Waals surface area contributed by atoms with Crippen molar-refractivity contribution >= 4 is 11.9 Å². The second-order valence-electron chi connectivity index (χ2n) is 2.31. The average Bonchev–Trinajstić information content (AvgIpc) is 1.85. The zero-order valence-electron chi connectivity index (χ0n) is 7.17. The SMILES string of the molecule is CC#CC(C)(OC(C)=O)C(=O)O. The minimum atomic E-state index is -1.72. The highest BCUT2D eigenvalue weighted by Crippen LogP contribution is 2.09. The first-order valence-corrected chi connectivity index (χ1v) is 3.29. The Hall–Kier alpha value is -1.50. The summed E-state index contributed by atoms with van der Waals surface area (Å²) in [5.74, 6) is 2.75. The lowest BCUT2D eigenvalue weighted by Crippen LogP contribution is -2.38. The maximum atomic E-state index is 10.6. The second-order valence-corrected chi connectivity index (χ2v) is 2.31. The lowest BCUT2D eigenvalue weighted by molar-refractivity contribution is -0.168. The first kappa shape index (κ1) is 10.5. The predicted molar refractivity (Wildman–Crippen MR) is 41.3 cm³/mol. The summed E-state index contributed by atoms with van der Waals surface area (Å²) in [5, 5.41) is 8.63. The molecule has 0 aliphatic carbocycles. The van der Waals surface area contributed by atoms with Gasteiger partial charge in [0.2, 0.25) is 0 Å². The minimum absolute atomic E-state index is 0.664. The van der Waals surface area contributed by atoms with Gasteiger partial charge >= 0.3 is 11.9 Å². The Bertz CT molecular complexity index is 258. The van der Waals surface area contributed by atoms with Crippen LogP contribution in [0.25, 0.3) is 0 Å². The van der Waals surface area contributed by atoms with Crippen LogP contribution in [0.5, 0.6) is 0 Å². The molecule has 12 heavy (non-hydrogen) atoms. The number of carbonyl (C=O) groups excluding carboxylic acids is 1. The van der Waals surface area contributed by atoms with Gasteiger partial charge in [-0.2, -0.15) is 0 Å². The van der Waals surface area contributed by atoms with Crippen molar-refractivity contribution < 1.29 is 19.4 Å². The summed E-state index contributed by atoms with van der Waals surface area (Å²) >= 11 is 0. The summed E-state index contributed by atoms with van der Waals surface area (Å²) in [6, 6.07) is 0. The summed E-state index contributed by atoms with van der Waals surface area (Å²) in [6.45, 7) is 3.84. The fourth-order valence-corrected chi connectivity index (χ4v) is 0.649. The summed E-state index contributed by atoms with van der Waals surface area (Å²) in [6.07, 6.45) is 0. The molecule has 0 spiro atoms. The second kappa shape index (κ2) is 3.77. The number of ether oxygens (including phenoxy) is 1. The van der Waals surface area contributed by atoms with Crippen molar-refractivity contribution in [3.05, 3.63) is 0 Å². The van der Waals surface area contributed by atoms with Crippen molar-refractivity contribution in [1.82, 2.24) is 0 Å². The molecule has 1 unspecified atom stereocenters. The smallest absolute Gasteiger partial charge is 0.360 e. The molecule has 0 saturated carbocycles. The summed E-state index contributed by atoms with van der Waals surface area (Å²) < 4.78 is 4.53. The molecule has 0 heterocycles. The van der Waals surface area contributed by atoms with Crippen LogP contribution in [0.4, 0.5) is 0 Å². The number of carboxylic acids is 1. The van der Waals surface area contributed by atoms with Crippen LogP contribution in [-0.2, 0) is 14.3 Å². The van der Waals surface area contributed by atoms with Crippen LogP contribution in [-0.4, -0.2) is 22.6 Å². The summed E-state index contributed by atoms with van der Waals surface area (Å²) in [5.41, 5.74) is -1.72.